The van der Waals surface area contributed by atoms with Gasteiger partial charge < -0.3 is 32.9 Å². The van der Waals surface area contributed by atoms with E-state index in [4.69, 9.17) is 4.80 Å². The molecular weight excluding hydrogens is 235 g/mol. The molecule has 0 aromatic heterocycles. The summed E-state index contributed by atoms with van der Waals surface area (Å²) in [5.74, 6) is 0. The zero-order valence-corrected chi connectivity index (χ0v) is 10.5. The summed E-state index contributed by atoms with van der Waals surface area (Å²) in [6.07, 6.45) is 0. The van der Waals surface area contributed by atoms with Crippen molar-refractivity contribution in [3.63, 3.8) is 0 Å². The molecular formula is HAlCaO7Si2. The number of hydrogen-bond donors (Lipinski definition) is 1. The fourth-order valence-electron chi connectivity index (χ4n) is 0.158. The molecule has 0 aliphatic carbocycles. The van der Waals surface area contributed by atoms with E-state index in [-0.39, 0.29) is 55.1 Å². The number of rotatable bonds is 2. The Balaban J connectivity index is -0.000000320. The maximum Gasteiger partial charge on any atom is 3.00 e. The van der Waals surface area contributed by atoms with E-state index in [9.17, 15) is 24.0 Å². The van der Waals surface area contributed by atoms with Crippen LogP contribution >= 0.6 is 0 Å². The molecule has 0 saturated heterocycles. The van der Waals surface area contributed by atoms with Crippen molar-refractivity contribution in [2.45, 2.75) is 0 Å². The van der Waals surface area contributed by atoms with E-state index < -0.39 is 18.1 Å². The first-order valence-corrected chi connectivity index (χ1v) is 4.96. The van der Waals surface area contributed by atoms with E-state index in [0.29, 0.717) is 0 Å². The molecule has 0 saturated carbocycles. The third-order valence-electron chi connectivity index (χ3n) is 0.254. The van der Waals surface area contributed by atoms with Gasteiger partial charge in [0.25, 0.3) is 0 Å². The van der Waals surface area contributed by atoms with Crippen molar-refractivity contribution < 1.29 is 32.9 Å². The monoisotopic (exact) mass is 236 g/mol. The smallest absolute Gasteiger partial charge is 0.862 e. The Morgan fingerprint density at radius 3 is 1.27 bits per heavy atom. The maximum atomic E-state index is 9.47. The molecule has 0 aromatic rings. The molecule has 0 aromatic carbocycles. The van der Waals surface area contributed by atoms with Crippen LogP contribution in [0, 0.1) is 0 Å². The predicted molar refractivity (Wildman–Crippen MR) is 26.3 cm³/mol. The normalized spacial score (nSPS) is 11.5. The van der Waals surface area contributed by atoms with Gasteiger partial charge in [-0.05, 0) is 0 Å². The van der Waals surface area contributed by atoms with E-state index >= 15 is 0 Å². The van der Waals surface area contributed by atoms with Crippen LogP contribution in [0.4, 0.5) is 0 Å². The van der Waals surface area contributed by atoms with Gasteiger partial charge in [-0.1, -0.05) is 0 Å². The molecule has 0 bridgehead atoms. The van der Waals surface area contributed by atoms with E-state index in [1.807, 2.05) is 0 Å². The summed E-state index contributed by atoms with van der Waals surface area (Å²) in [5, 5.41) is 0. The molecule has 0 unspecified atom stereocenters. The predicted octanol–water partition coefficient (Wildman–Crippen LogP) is -8.09. The topological polar surface area (TPSA) is 145 Å². The minimum Gasteiger partial charge on any atom is -0.862 e. The summed E-state index contributed by atoms with van der Waals surface area (Å²) in [6, 6.07) is 0. The Morgan fingerprint density at radius 2 is 1.27 bits per heavy atom. The van der Waals surface area contributed by atoms with E-state index in [0.717, 1.165) is 0 Å². The second-order valence-corrected chi connectivity index (χ2v) is 3.99. The molecule has 0 aliphatic rings. The summed E-state index contributed by atoms with van der Waals surface area (Å²) < 4.78 is 2.68. The van der Waals surface area contributed by atoms with Crippen LogP contribution in [0.1, 0.15) is 0 Å². The zero-order chi connectivity index (χ0) is 7.71. The van der Waals surface area contributed by atoms with Crippen molar-refractivity contribution in [2.75, 3.05) is 0 Å². The first-order valence-electron chi connectivity index (χ1n) is 1.65. The number of hydrogen-bond acceptors (Lipinski definition) is 7. The van der Waals surface area contributed by atoms with Crippen molar-refractivity contribution in [2.24, 2.45) is 0 Å². The van der Waals surface area contributed by atoms with Gasteiger partial charge in [0, 0.05) is 0 Å². The summed E-state index contributed by atoms with van der Waals surface area (Å²) in [4.78, 5) is 54.7. The van der Waals surface area contributed by atoms with Crippen LogP contribution in [0.15, 0.2) is 0 Å². The van der Waals surface area contributed by atoms with Gasteiger partial charge in [-0.3, -0.25) is 0 Å². The van der Waals surface area contributed by atoms with Crippen molar-refractivity contribution in [3.05, 3.63) is 0 Å². The van der Waals surface area contributed by atoms with E-state index in [1.165, 1.54) is 0 Å². The van der Waals surface area contributed by atoms with Gasteiger partial charge >= 0.3 is 55.1 Å². The Bertz CT molecular complexity index is 81.6. The van der Waals surface area contributed by atoms with Crippen LogP contribution in [0.3, 0.4) is 0 Å². The second-order valence-electron chi connectivity index (χ2n) is 1.13. The van der Waals surface area contributed by atoms with Crippen molar-refractivity contribution >= 4 is 73.2 Å². The maximum absolute atomic E-state index is 9.47. The molecule has 56 valence electrons. The van der Waals surface area contributed by atoms with Crippen LogP contribution in [-0.2, 0) is 4.12 Å². The van der Waals surface area contributed by atoms with Crippen LogP contribution < -0.4 is 24.0 Å². The summed E-state index contributed by atoms with van der Waals surface area (Å²) in [5.41, 5.74) is 0. The third-order valence-corrected chi connectivity index (χ3v) is 2.29. The Morgan fingerprint density at radius 1 is 1.00 bits per heavy atom. The molecule has 11 heavy (non-hydrogen) atoms. The van der Waals surface area contributed by atoms with Crippen molar-refractivity contribution in [1.29, 1.82) is 0 Å². The molecule has 0 aliphatic heterocycles. The summed E-state index contributed by atoms with van der Waals surface area (Å²) >= 11 is 0. The zero-order valence-electron chi connectivity index (χ0n) is 5.18. The molecule has 0 amide bonds. The average molecular weight is 236 g/mol. The molecule has 1 N–H and O–H groups in total. The van der Waals surface area contributed by atoms with Crippen LogP contribution in [0.25, 0.3) is 0 Å². The fourth-order valence-corrected chi connectivity index (χ4v) is 1.42. The van der Waals surface area contributed by atoms with Crippen molar-refractivity contribution in [3.8, 4) is 0 Å². The Labute approximate surface area is 105 Å². The molecule has 0 atom stereocenters. The van der Waals surface area contributed by atoms with Gasteiger partial charge in [-0.25, -0.2) is 0 Å². The van der Waals surface area contributed by atoms with Gasteiger partial charge in [-0.2, -0.15) is 0 Å². The average Bonchev–Trinajstić information content (AvgIpc) is 1.14. The fraction of sp³-hybridized carbons (Fsp3) is 0. The first kappa shape index (κ1) is 18.7. The molecule has 0 radical (unpaired) electrons. The Hall–Kier alpha value is 1.95. The standard InChI is InChI=1S/Al.Ca.HO7Si2/c;;1-8(2,3)7-9(4,5)6/h;;1H/q+3;+2;-5. The van der Waals surface area contributed by atoms with E-state index in [2.05, 4.69) is 4.12 Å². The van der Waals surface area contributed by atoms with Crippen LogP contribution in [0.5, 0.6) is 0 Å². The summed E-state index contributed by atoms with van der Waals surface area (Å²) in [6.45, 7) is 0. The van der Waals surface area contributed by atoms with E-state index in [1.54, 1.807) is 0 Å². The molecule has 11 heteroatoms. The van der Waals surface area contributed by atoms with Gasteiger partial charge in [-0.15, -0.1) is 9.05 Å². The van der Waals surface area contributed by atoms with Gasteiger partial charge in [0.05, 0.1) is 0 Å². The quantitative estimate of drug-likeness (QED) is 0.468. The largest absolute Gasteiger partial charge is 3.00 e. The molecule has 7 nitrogen and oxygen atoms in total. The molecule has 0 fully saturated rings. The third kappa shape index (κ3) is 18.7. The van der Waals surface area contributed by atoms with Gasteiger partial charge in [0.2, 0.25) is 0 Å². The SMILES string of the molecule is [Al+3].[Ca+2].[O-][Si]([O-])([O-])O[Si]([O-])([O-])O. The van der Waals surface area contributed by atoms with Gasteiger partial charge in [0.1, 0.15) is 9.05 Å². The van der Waals surface area contributed by atoms with Gasteiger partial charge in [0.15, 0.2) is 0 Å². The minimum absolute atomic E-state index is 0. The summed E-state index contributed by atoms with van der Waals surface area (Å²) in [7, 11) is -11.5. The van der Waals surface area contributed by atoms with Crippen LogP contribution in [0.2, 0.25) is 0 Å². The Kier molecular flexibility index (Phi) is 10.9. The molecule has 0 heterocycles. The van der Waals surface area contributed by atoms with Crippen molar-refractivity contribution in [1.82, 2.24) is 0 Å². The molecule has 0 spiro atoms. The second kappa shape index (κ2) is 6.41. The molecule has 0 rings (SSSR count). The van der Waals surface area contributed by atoms with Crippen LogP contribution in [-0.4, -0.2) is 78.0 Å². The first-order chi connectivity index (χ1) is 3.71. The minimum atomic E-state index is -5.86.